The molecule has 2 nitrogen and oxygen atoms in total. The Labute approximate surface area is 109 Å². The van der Waals surface area contributed by atoms with Crippen LogP contribution < -0.4 is 10.5 Å². The van der Waals surface area contributed by atoms with Crippen LogP contribution >= 0.6 is 12.2 Å². The molecule has 0 aliphatic rings. The lowest BCUT2D eigenvalue weighted by Crippen LogP contribution is -2.15. The Morgan fingerprint density at radius 3 is 2.35 bits per heavy atom. The molecule has 0 saturated heterocycles. The second-order valence-electron chi connectivity index (χ2n) is 4.23. The summed E-state index contributed by atoms with van der Waals surface area (Å²) in [5.74, 6) is 0.715. The van der Waals surface area contributed by atoms with E-state index in [2.05, 4.69) is 31.3 Å². The number of thiocarbonyl (C=S) groups is 1. The quantitative estimate of drug-likeness (QED) is 0.591. The molecule has 0 amide bonds. The third-order valence-electron chi connectivity index (χ3n) is 2.71. The molecule has 1 rings (SSSR count). The van der Waals surface area contributed by atoms with E-state index in [0.717, 1.165) is 6.42 Å². The minimum Gasteiger partial charge on any atom is -0.432 e. The molecule has 0 heterocycles. The molecular weight excluding hydrogens is 230 g/mol. The van der Waals surface area contributed by atoms with Crippen LogP contribution in [0.3, 0.4) is 0 Å². The molecule has 0 radical (unpaired) electrons. The van der Waals surface area contributed by atoms with Crippen molar-refractivity contribution in [2.24, 2.45) is 5.73 Å². The molecule has 0 aromatic heterocycles. The largest absolute Gasteiger partial charge is 0.432 e. The fraction of sp³-hybridized carbons (Fsp3) is 0.500. The summed E-state index contributed by atoms with van der Waals surface area (Å²) in [6.45, 7) is 2.24. The van der Waals surface area contributed by atoms with E-state index in [4.69, 9.17) is 10.5 Å². The molecule has 1 aromatic carbocycles. The Morgan fingerprint density at radius 2 is 1.76 bits per heavy atom. The van der Waals surface area contributed by atoms with Crippen LogP contribution in [0.5, 0.6) is 5.75 Å². The van der Waals surface area contributed by atoms with E-state index in [-0.39, 0.29) is 5.17 Å². The van der Waals surface area contributed by atoms with Crippen LogP contribution in [0.25, 0.3) is 0 Å². The number of aryl methyl sites for hydroxylation is 1. The van der Waals surface area contributed by atoms with E-state index in [1.54, 1.807) is 0 Å². The number of benzene rings is 1. The first-order chi connectivity index (χ1) is 8.22. The van der Waals surface area contributed by atoms with Crippen molar-refractivity contribution in [1.29, 1.82) is 0 Å². The van der Waals surface area contributed by atoms with E-state index in [9.17, 15) is 0 Å². The fourth-order valence-electron chi connectivity index (χ4n) is 1.77. The predicted molar refractivity (Wildman–Crippen MR) is 76.3 cm³/mol. The van der Waals surface area contributed by atoms with Gasteiger partial charge in [0.15, 0.2) is 0 Å². The van der Waals surface area contributed by atoms with Gasteiger partial charge in [0, 0.05) is 0 Å². The highest BCUT2D eigenvalue weighted by Gasteiger charge is 1.97. The predicted octanol–water partition coefficient (Wildman–Crippen LogP) is 3.82. The van der Waals surface area contributed by atoms with Crippen molar-refractivity contribution in [3.63, 3.8) is 0 Å². The Balaban J connectivity index is 2.28. The van der Waals surface area contributed by atoms with Gasteiger partial charge in [-0.25, -0.2) is 0 Å². The maximum atomic E-state index is 5.30. The first kappa shape index (κ1) is 14.0. The molecule has 1 aromatic rings. The van der Waals surface area contributed by atoms with Gasteiger partial charge >= 0.3 is 0 Å². The van der Waals surface area contributed by atoms with Gasteiger partial charge in [0.2, 0.25) is 0 Å². The Kier molecular flexibility index (Phi) is 6.63. The van der Waals surface area contributed by atoms with E-state index < -0.39 is 0 Å². The molecule has 0 spiro atoms. The summed E-state index contributed by atoms with van der Waals surface area (Å²) in [5.41, 5.74) is 6.64. The van der Waals surface area contributed by atoms with Crippen LogP contribution in [-0.4, -0.2) is 5.17 Å². The van der Waals surface area contributed by atoms with E-state index >= 15 is 0 Å². The first-order valence-corrected chi connectivity index (χ1v) is 6.69. The SMILES string of the molecule is CCCCCCCc1ccc(OC(N)=S)cc1. The second-order valence-corrected chi connectivity index (χ2v) is 4.63. The maximum Gasteiger partial charge on any atom is 0.259 e. The number of hydrogen-bond donors (Lipinski definition) is 1. The third kappa shape index (κ3) is 6.27. The molecular formula is C14H21NOS. The lowest BCUT2D eigenvalue weighted by molar-refractivity contribution is 0.557. The molecule has 2 N–H and O–H groups in total. The molecule has 3 heteroatoms. The zero-order valence-corrected chi connectivity index (χ0v) is 11.3. The van der Waals surface area contributed by atoms with Crippen molar-refractivity contribution in [2.75, 3.05) is 0 Å². The van der Waals surface area contributed by atoms with Crippen molar-refractivity contribution in [3.05, 3.63) is 29.8 Å². The zero-order chi connectivity index (χ0) is 12.5. The van der Waals surface area contributed by atoms with Gasteiger partial charge < -0.3 is 10.5 Å². The number of hydrogen-bond acceptors (Lipinski definition) is 2. The molecule has 0 fully saturated rings. The molecule has 0 unspecified atom stereocenters. The lowest BCUT2D eigenvalue weighted by atomic mass is 10.1. The number of ether oxygens (including phenoxy) is 1. The summed E-state index contributed by atoms with van der Waals surface area (Å²) in [6.07, 6.45) is 7.70. The Hall–Kier alpha value is -1.09. The molecule has 17 heavy (non-hydrogen) atoms. The topological polar surface area (TPSA) is 35.2 Å². The van der Waals surface area contributed by atoms with E-state index in [0.29, 0.717) is 5.75 Å². The van der Waals surface area contributed by atoms with Crippen LogP contribution in [0, 0.1) is 0 Å². The molecule has 0 aliphatic carbocycles. The third-order valence-corrected chi connectivity index (χ3v) is 2.79. The van der Waals surface area contributed by atoms with Crippen molar-refractivity contribution in [1.82, 2.24) is 0 Å². The van der Waals surface area contributed by atoms with Crippen LogP contribution in [0.1, 0.15) is 44.6 Å². The van der Waals surface area contributed by atoms with Gasteiger partial charge in [0.1, 0.15) is 5.75 Å². The normalized spacial score (nSPS) is 10.2. The Bertz CT molecular complexity index is 335. The molecule has 0 bridgehead atoms. The maximum absolute atomic E-state index is 5.30. The van der Waals surface area contributed by atoms with Crippen LogP contribution in [0.15, 0.2) is 24.3 Å². The van der Waals surface area contributed by atoms with Gasteiger partial charge in [-0.2, -0.15) is 0 Å². The van der Waals surface area contributed by atoms with Crippen molar-refractivity contribution >= 4 is 17.4 Å². The van der Waals surface area contributed by atoms with Gasteiger partial charge in [-0.3, -0.25) is 0 Å². The summed E-state index contributed by atoms with van der Waals surface area (Å²) < 4.78 is 5.14. The van der Waals surface area contributed by atoms with Gasteiger partial charge in [-0.15, -0.1) is 0 Å². The zero-order valence-electron chi connectivity index (χ0n) is 10.4. The van der Waals surface area contributed by atoms with Gasteiger partial charge in [-0.1, -0.05) is 44.7 Å². The average Bonchev–Trinajstić information content (AvgIpc) is 2.30. The van der Waals surface area contributed by atoms with Gasteiger partial charge in [0.25, 0.3) is 5.17 Å². The number of rotatable bonds is 7. The smallest absolute Gasteiger partial charge is 0.259 e. The minimum absolute atomic E-state index is 0.0670. The summed E-state index contributed by atoms with van der Waals surface area (Å²) in [4.78, 5) is 0. The molecule has 0 atom stereocenters. The minimum atomic E-state index is 0.0670. The summed E-state index contributed by atoms with van der Waals surface area (Å²) in [6, 6.07) is 7.99. The summed E-state index contributed by atoms with van der Waals surface area (Å²) in [7, 11) is 0. The summed E-state index contributed by atoms with van der Waals surface area (Å²) in [5, 5.41) is 0.0670. The monoisotopic (exact) mass is 251 g/mol. The molecule has 0 aliphatic heterocycles. The van der Waals surface area contributed by atoms with Crippen molar-refractivity contribution < 1.29 is 4.74 Å². The van der Waals surface area contributed by atoms with Crippen LogP contribution in [0.4, 0.5) is 0 Å². The van der Waals surface area contributed by atoms with Crippen molar-refractivity contribution in [3.8, 4) is 5.75 Å². The highest BCUT2D eigenvalue weighted by Crippen LogP contribution is 2.14. The average molecular weight is 251 g/mol. The number of unbranched alkanes of at least 4 members (excludes halogenated alkanes) is 4. The molecule has 0 saturated carbocycles. The second kappa shape index (κ2) is 8.07. The van der Waals surface area contributed by atoms with Gasteiger partial charge in [0.05, 0.1) is 0 Å². The fourth-order valence-corrected chi connectivity index (χ4v) is 1.87. The lowest BCUT2D eigenvalue weighted by Gasteiger charge is -2.05. The first-order valence-electron chi connectivity index (χ1n) is 6.28. The van der Waals surface area contributed by atoms with Crippen molar-refractivity contribution in [2.45, 2.75) is 45.4 Å². The molecule has 94 valence electrons. The van der Waals surface area contributed by atoms with E-state index in [1.807, 2.05) is 12.1 Å². The number of nitrogens with two attached hydrogens (primary N) is 1. The highest BCUT2D eigenvalue weighted by molar-refractivity contribution is 7.80. The highest BCUT2D eigenvalue weighted by atomic mass is 32.1. The van der Waals surface area contributed by atoms with Gasteiger partial charge in [-0.05, 0) is 42.8 Å². The summed E-state index contributed by atoms with van der Waals surface area (Å²) >= 11 is 4.68. The van der Waals surface area contributed by atoms with E-state index in [1.165, 1.54) is 37.7 Å². The standard InChI is InChI=1S/C14H21NOS/c1-2-3-4-5-6-7-12-8-10-13(11-9-12)16-14(15)17/h8-11H,2-7H2,1H3,(H2,15,17). The van der Waals surface area contributed by atoms with Crippen LogP contribution in [-0.2, 0) is 6.42 Å². The Morgan fingerprint density at radius 1 is 1.12 bits per heavy atom. The van der Waals surface area contributed by atoms with Crippen LogP contribution in [0.2, 0.25) is 0 Å².